The van der Waals surface area contributed by atoms with Gasteiger partial charge in [0, 0.05) is 6.04 Å². The van der Waals surface area contributed by atoms with E-state index >= 15 is 0 Å². The average molecular weight is 195 g/mol. The molecule has 0 amide bonds. The van der Waals surface area contributed by atoms with Gasteiger partial charge in [0.15, 0.2) is 0 Å². The van der Waals surface area contributed by atoms with Gasteiger partial charge in [0.05, 0.1) is 6.10 Å². The maximum absolute atomic E-state index is 12.7. The maximum Gasteiger partial charge on any atom is 0.123 e. The molecule has 0 aliphatic carbocycles. The van der Waals surface area contributed by atoms with Gasteiger partial charge < -0.3 is 10.4 Å². The Morgan fingerprint density at radius 3 is 2.64 bits per heavy atom. The zero-order chi connectivity index (χ0) is 9.97. The lowest BCUT2D eigenvalue weighted by Crippen LogP contribution is -2.34. The molecule has 2 N–H and O–H groups in total. The minimum absolute atomic E-state index is 0.166. The van der Waals surface area contributed by atoms with Crippen LogP contribution in [-0.2, 0) is 0 Å². The van der Waals surface area contributed by atoms with E-state index in [-0.39, 0.29) is 18.0 Å². The monoisotopic (exact) mass is 195 g/mol. The van der Waals surface area contributed by atoms with Crippen LogP contribution in [0.4, 0.5) is 4.39 Å². The van der Waals surface area contributed by atoms with Gasteiger partial charge in [0.2, 0.25) is 0 Å². The fourth-order valence-corrected chi connectivity index (χ4v) is 1.85. The number of benzene rings is 1. The van der Waals surface area contributed by atoms with Crippen molar-refractivity contribution >= 4 is 0 Å². The summed E-state index contributed by atoms with van der Waals surface area (Å²) < 4.78 is 12.7. The quantitative estimate of drug-likeness (QED) is 0.713. The van der Waals surface area contributed by atoms with Crippen LogP contribution in [0.25, 0.3) is 0 Å². The molecule has 0 spiro atoms. The van der Waals surface area contributed by atoms with E-state index in [1.54, 1.807) is 12.1 Å². The van der Waals surface area contributed by atoms with Crippen LogP contribution in [0.1, 0.15) is 24.4 Å². The Kier molecular flexibility index (Phi) is 2.79. The summed E-state index contributed by atoms with van der Waals surface area (Å²) in [5.41, 5.74) is 1.05. The fourth-order valence-electron chi connectivity index (χ4n) is 1.85. The molecule has 1 unspecified atom stereocenters. The molecule has 2 atom stereocenters. The lowest BCUT2D eigenvalue weighted by Gasteiger charge is -2.27. The molecule has 1 fully saturated rings. The third kappa shape index (κ3) is 2.11. The third-order valence-electron chi connectivity index (χ3n) is 2.65. The lowest BCUT2D eigenvalue weighted by molar-refractivity contribution is 0.116. The van der Waals surface area contributed by atoms with Crippen molar-refractivity contribution in [1.29, 1.82) is 0 Å². The van der Waals surface area contributed by atoms with Crippen molar-refractivity contribution in [2.75, 3.05) is 6.54 Å². The molecule has 0 saturated carbocycles. The second-order valence-corrected chi connectivity index (χ2v) is 3.74. The molecule has 1 aliphatic heterocycles. The molecule has 2 rings (SSSR count). The van der Waals surface area contributed by atoms with Gasteiger partial charge in [-0.25, -0.2) is 4.39 Å². The summed E-state index contributed by atoms with van der Waals surface area (Å²) in [5.74, 6) is -0.217. The predicted octanol–water partition coefficient (Wildman–Crippen LogP) is 1.61. The van der Waals surface area contributed by atoms with Crippen LogP contribution in [0, 0.1) is 5.82 Å². The third-order valence-corrected chi connectivity index (χ3v) is 2.65. The first-order valence-electron chi connectivity index (χ1n) is 4.92. The highest BCUT2D eigenvalue weighted by Crippen LogP contribution is 2.23. The molecule has 14 heavy (non-hydrogen) atoms. The zero-order valence-corrected chi connectivity index (χ0v) is 7.91. The van der Waals surface area contributed by atoms with Crippen LogP contribution in [-0.4, -0.2) is 17.8 Å². The number of piperidine rings is 1. The lowest BCUT2D eigenvalue weighted by atomic mass is 9.96. The van der Waals surface area contributed by atoms with Crippen molar-refractivity contribution in [1.82, 2.24) is 5.32 Å². The maximum atomic E-state index is 12.7. The summed E-state index contributed by atoms with van der Waals surface area (Å²) in [5, 5.41) is 12.8. The molecule has 76 valence electrons. The van der Waals surface area contributed by atoms with Gasteiger partial charge in [-0.05, 0) is 37.1 Å². The number of rotatable bonds is 1. The standard InChI is InChI=1S/C11H14FNO/c12-9-3-1-8(2-4-9)11-7-10(14)5-6-13-11/h1-4,10-11,13-14H,5-7H2/t10?,11-/m0/s1. The summed E-state index contributed by atoms with van der Waals surface area (Å²) >= 11 is 0. The molecule has 0 aromatic heterocycles. The number of aliphatic hydroxyl groups is 1. The van der Waals surface area contributed by atoms with Crippen LogP contribution in [0.3, 0.4) is 0 Å². The van der Waals surface area contributed by atoms with E-state index in [4.69, 9.17) is 0 Å². The number of halogens is 1. The second kappa shape index (κ2) is 4.07. The van der Waals surface area contributed by atoms with Crippen molar-refractivity contribution in [3.05, 3.63) is 35.6 Å². The molecular formula is C11H14FNO. The Balaban J connectivity index is 2.10. The van der Waals surface area contributed by atoms with E-state index in [0.29, 0.717) is 6.42 Å². The van der Waals surface area contributed by atoms with Crippen molar-refractivity contribution in [3.63, 3.8) is 0 Å². The highest BCUT2D eigenvalue weighted by atomic mass is 19.1. The summed E-state index contributed by atoms with van der Waals surface area (Å²) in [6.07, 6.45) is 1.29. The van der Waals surface area contributed by atoms with Crippen LogP contribution >= 0.6 is 0 Å². The summed E-state index contributed by atoms with van der Waals surface area (Å²) in [4.78, 5) is 0. The van der Waals surface area contributed by atoms with E-state index in [1.807, 2.05) is 0 Å². The minimum atomic E-state index is -0.230. The fraction of sp³-hybridized carbons (Fsp3) is 0.455. The predicted molar refractivity (Wildman–Crippen MR) is 52.4 cm³/mol. The van der Waals surface area contributed by atoms with E-state index < -0.39 is 0 Å². The number of nitrogens with one attached hydrogen (secondary N) is 1. The van der Waals surface area contributed by atoms with Crippen molar-refractivity contribution in [3.8, 4) is 0 Å². The first-order chi connectivity index (χ1) is 6.75. The van der Waals surface area contributed by atoms with Crippen LogP contribution < -0.4 is 5.32 Å². The topological polar surface area (TPSA) is 32.3 Å². The Labute approximate surface area is 82.8 Å². The molecule has 0 radical (unpaired) electrons. The smallest absolute Gasteiger partial charge is 0.123 e. The van der Waals surface area contributed by atoms with Gasteiger partial charge in [-0.3, -0.25) is 0 Å². The Hall–Kier alpha value is -0.930. The summed E-state index contributed by atoms with van der Waals surface area (Å²) in [6, 6.07) is 6.62. The molecule has 1 heterocycles. The van der Waals surface area contributed by atoms with Gasteiger partial charge in [-0.2, -0.15) is 0 Å². The van der Waals surface area contributed by atoms with Gasteiger partial charge in [-0.1, -0.05) is 12.1 Å². The summed E-state index contributed by atoms with van der Waals surface area (Å²) in [7, 11) is 0. The van der Waals surface area contributed by atoms with Crippen molar-refractivity contribution < 1.29 is 9.50 Å². The van der Waals surface area contributed by atoms with E-state index in [2.05, 4.69) is 5.32 Å². The van der Waals surface area contributed by atoms with Gasteiger partial charge in [0.25, 0.3) is 0 Å². The van der Waals surface area contributed by atoms with Crippen LogP contribution in [0.2, 0.25) is 0 Å². The Bertz CT molecular complexity index is 299. The number of aliphatic hydroxyl groups excluding tert-OH is 1. The SMILES string of the molecule is OC1CCN[C@H](c2ccc(F)cc2)C1. The zero-order valence-electron chi connectivity index (χ0n) is 7.91. The van der Waals surface area contributed by atoms with E-state index in [1.165, 1.54) is 12.1 Å². The average Bonchev–Trinajstić information content (AvgIpc) is 2.19. The van der Waals surface area contributed by atoms with Crippen LogP contribution in [0.5, 0.6) is 0 Å². The normalized spacial score (nSPS) is 27.6. The largest absolute Gasteiger partial charge is 0.393 e. The molecule has 0 bridgehead atoms. The molecule has 1 aromatic carbocycles. The Morgan fingerprint density at radius 2 is 2.00 bits per heavy atom. The first-order valence-corrected chi connectivity index (χ1v) is 4.92. The highest BCUT2D eigenvalue weighted by molar-refractivity contribution is 5.20. The molecule has 2 nitrogen and oxygen atoms in total. The van der Waals surface area contributed by atoms with Gasteiger partial charge >= 0.3 is 0 Å². The first kappa shape index (κ1) is 9.62. The molecule has 1 aromatic rings. The van der Waals surface area contributed by atoms with Crippen molar-refractivity contribution in [2.45, 2.75) is 25.0 Å². The van der Waals surface area contributed by atoms with Gasteiger partial charge in [0.1, 0.15) is 5.82 Å². The highest BCUT2D eigenvalue weighted by Gasteiger charge is 2.20. The molecule has 1 saturated heterocycles. The molecule has 1 aliphatic rings. The molecule has 3 heteroatoms. The number of hydrogen-bond acceptors (Lipinski definition) is 2. The number of hydrogen-bond donors (Lipinski definition) is 2. The summed E-state index contributed by atoms with van der Waals surface area (Å²) in [6.45, 7) is 0.823. The van der Waals surface area contributed by atoms with E-state index in [0.717, 1.165) is 18.5 Å². The van der Waals surface area contributed by atoms with Crippen LogP contribution in [0.15, 0.2) is 24.3 Å². The second-order valence-electron chi connectivity index (χ2n) is 3.74. The van der Waals surface area contributed by atoms with Crippen molar-refractivity contribution in [2.24, 2.45) is 0 Å². The van der Waals surface area contributed by atoms with E-state index in [9.17, 15) is 9.50 Å². The van der Waals surface area contributed by atoms with Gasteiger partial charge in [-0.15, -0.1) is 0 Å². The Morgan fingerprint density at radius 1 is 1.29 bits per heavy atom. The molecular weight excluding hydrogens is 181 g/mol. The minimum Gasteiger partial charge on any atom is -0.393 e.